The summed E-state index contributed by atoms with van der Waals surface area (Å²) in [4.78, 5) is 5.20. The highest BCUT2D eigenvalue weighted by atomic mass is 15.2. The van der Waals surface area contributed by atoms with Crippen LogP contribution in [0.2, 0.25) is 0 Å². The molecule has 0 saturated heterocycles. The number of nitrogens with zero attached hydrogens (tertiary/aromatic N) is 2. The average molecular weight is 1020 g/mol. The highest BCUT2D eigenvalue weighted by Crippen LogP contribution is 2.46. The fraction of sp³-hybridized carbons (Fsp3) is 0.237. The van der Waals surface area contributed by atoms with Crippen LogP contribution in [0.4, 0.5) is 0 Å². The molecule has 5 unspecified atom stereocenters. The lowest BCUT2D eigenvalue weighted by molar-refractivity contribution is 0.355. The molecule has 12 rings (SSSR count). The van der Waals surface area contributed by atoms with Crippen molar-refractivity contribution in [3.8, 4) is 0 Å². The van der Waals surface area contributed by atoms with E-state index < -0.39 is 0 Å². The van der Waals surface area contributed by atoms with Crippen LogP contribution in [0.1, 0.15) is 122 Å². The maximum atomic E-state index is 4.41. The standard InChI is InChI=1S/C76H74N2/c1-3-20-66(4-2)77(70-49-43-61(44-50-70)74-54-65-29-18-26-62-37-38-63-27-19-34-72(74)76(63)75(62)65)68-32-12-7-5-10-24-58(39-45-68)59-25-11-6-8-13-33-69(46-40-59)78(67-30-14-9-15-31-67)71-47-41-60(42-48-71)73-53-57-23-16-21-55(51-57)35-36-56-22-17-28-64(73)52-56/h3-8,10-14,16-19,22-25,27-34,37-38,41-43,47,49-55,61-62,66,71H,1-2,9,15,20-21,26,35-36,39-40,44-46,48H2/b10-5-,11-6-,12-7-,13-8-,58-24-,59-25-,68-32-,69-33-,73-53-. The summed E-state index contributed by atoms with van der Waals surface area (Å²) in [7, 11) is 0. The van der Waals surface area contributed by atoms with Crippen LogP contribution in [-0.4, -0.2) is 21.9 Å². The van der Waals surface area contributed by atoms with Crippen LogP contribution in [-0.2, 0) is 6.42 Å². The van der Waals surface area contributed by atoms with Gasteiger partial charge in [0.25, 0.3) is 0 Å². The van der Waals surface area contributed by atoms with Crippen molar-refractivity contribution >= 4 is 28.5 Å². The highest BCUT2D eigenvalue weighted by Gasteiger charge is 2.29. The SMILES string of the molecule is C=CCC(C=C)N(C1=CCC(c2cc3c4c5c(cccc25)C=CC4CC=C3)C=C1)\C1=C/C=C\C=C/C=C(\C2=C/C=C\C=C/C=C(\N(C3=CCCC=C3)C3C=CC(/C4=C/C5=CC(CC=C5)CCc5cccc4c5)=CC3)CC2)CC1. The Bertz CT molecular complexity index is 3500. The summed E-state index contributed by atoms with van der Waals surface area (Å²) < 4.78 is 0. The topological polar surface area (TPSA) is 6.48 Å². The molecule has 0 fully saturated rings. The molecule has 0 heterocycles. The summed E-state index contributed by atoms with van der Waals surface area (Å²) in [6.07, 6.45) is 85.2. The molecular weight excluding hydrogens is 941 g/mol. The Labute approximate surface area is 465 Å². The van der Waals surface area contributed by atoms with E-state index in [1.165, 1.54) is 101 Å². The summed E-state index contributed by atoms with van der Waals surface area (Å²) in [6, 6.07) is 18.9. The van der Waals surface area contributed by atoms with E-state index in [4.69, 9.17) is 0 Å². The van der Waals surface area contributed by atoms with E-state index in [1.54, 1.807) is 0 Å². The zero-order chi connectivity index (χ0) is 52.6. The maximum Gasteiger partial charge on any atom is 0.0557 e. The van der Waals surface area contributed by atoms with Gasteiger partial charge in [0.2, 0.25) is 0 Å². The summed E-state index contributed by atoms with van der Waals surface area (Å²) in [5, 5.41) is 2.85. The summed E-state index contributed by atoms with van der Waals surface area (Å²) in [5.74, 6) is 1.35. The van der Waals surface area contributed by atoms with Crippen molar-refractivity contribution in [1.29, 1.82) is 0 Å². The molecule has 0 radical (unpaired) electrons. The summed E-state index contributed by atoms with van der Waals surface area (Å²) in [5.41, 5.74) is 20.3. The molecule has 0 N–H and O–H groups in total. The third-order valence-electron chi connectivity index (χ3n) is 17.3. The van der Waals surface area contributed by atoms with Gasteiger partial charge in [0, 0.05) is 34.6 Å². The first-order chi connectivity index (χ1) is 38.6. The molecule has 9 aliphatic rings. The van der Waals surface area contributed by atoms with Gasteiger partial charge in [-0.05, 0) is 192 Å². The molecule has 9 aliphatic carbocycles. The van der Waals surface area contributed by atoms with Gasteiger partial charge < -0.3 is 9.80 Å². The molecule has 2 heteroatoms. The Morgan fingerprint density at radius 3 is 2.17 bits per heavy atom. The van der Waals surface area contributed by atoms with E-state index in [2.05, 4.69) is 254 Å². The first kappa shape index (κ1) is 50.9. The molecule has 0 amide bonds. The van der Waals surface area contributed by atoms with E-state index in [0.717, 1.165) is 77.0 Å². The molecule has 0 aromatic heterocycles. The molecule has 3 aromatic rings. The molecule has 0 saturated carbocycles. The summed E-state index contributed by atoms with van der Waals surface area (Å²) in [6.45, 7) is 8.64. The van der Waals surface area contributed by atoms with Crippen molar-refractivity contribution in [2.75, 3.05) is 0 Å². The van der Waals surface area contributed by atoms with Crippen molar-refractivity contribution in [3.63, 3.8) is 0 Å². The zero-order valence-electron chi connectivity index (χ0n) is 45.4. The Hall–Kier alpha value is -7.94. The first-order valence-corrected chi connectivity index (χ1v) is 29.1. The lowest BCUT2D eigenvalue weighted by Crippen LogP contribution is -2.33. The third-order valence-corrected chi connectivity index (χ3v) is 17.3. The second-order valence-electron chi connectivity index (χ2n) is 22.3. The minimum atomic E-state index is 0.0616. The highest BCUT2D eigenvalue weighted by molar-refractivity contribution is 6.00. The molecule has 388 valence electrons. The van der Waals surface area contributed by atoms with Crippen LogP contribution < -0.4 is 0 Å². The minimum Gasteiger partial charge on any atom is -0.338 e. The second-order valence-corrected chi connectivity index (χ2v) is 22.3. The van der Waals surface area contributed by atoms with Gasteiger partial charge in [-0.3, -0.25) is 0 Å². The number of benzene rings is 3. The van der Waals surface area contributed by atoms with Crippen molar-refractivity contribution in [2.24, 2.45) is 5.92 Å². The maximum absolute atomic E-state index is 4.41. The Balaban J connectivity index is 0.796. The van der Waals surface area contributed by atoms with E-state index in [1.807, 2.05) is 6.08 Å². The molecule has 5 atom stereocenters. The number of hydrogen-bond donors (Lipinski definition) is 0. The molecule has 3 aromatic carbocycles. The van der Waals surface area contributed by atoms with Crippen LogP contribution in [0.15, 0.2) is 283 Å². The summed E-state index contributed by atoms with van der Waals surface area (Å²) >= 11 is 0. The largest absolute Gasteiger partial charge is 0.338 e. The van der Waals surface area contributed by atoms with Crippen molar-refractivity contribution in [3.05, 3.63) is 316 Å². The average Bonchev–Trinajstić information content (AvgIpc) is 3.57. The minimum absolute atomic E-state index is 0.0616. The monoisotopic (exact) mass is 1010 g/mol. The fourth-order valence-electron chi connectivity index (χ4n) is 13.4. The normalized spacial score (nSPS) is 28.5. The van der Waals surface area contributed by atoms with Gasteiger partial charge in [-0.2, -0.15) is 0 Å². The number of aryl methyl sites for hydroxylation is 1. The van der Waals surface area contributed by atoms with Crippen LogP contribution in [0.25, 0.3) is 28.5 Å². The zero-order valence-corrected chi connectivity index (χ0v) is 45.4. The molecular formula is C76H74N2. The van der Waals surface area contributed by atoms with Crippen LogP contribution in [0.3, 0.4) is 0 Å². The lowest BCUT2D eigenvalue weighted by Gasteiger charge is -2.37. The molecule has 78 heavy (non-hydrogen) atoms. The fourth-order valence-corrected chi connectivity index (χ4v) is 13.4. The molecule has 2 nitrogen and oxygen atoms in total. The quantitative estimate of drug-likeness (QED) is 0.167. The first-order valence-electron chi connectivity index (χ1n) is 29.1. The van der Waals surface area contributed by atoms with E-state index in [0.29, 0.717) is 11.8 Å². The number of rotatable bonds is 12. The van der Waals surface area contributed by atoms with Crippen LogP contribution in [0.5, 0.6) is 0 Å². The van der Waals surface area contributed by atoms with Gasteiger partial charge in [-0.15, -0.1) is 13.2 Å². The third kappa shape index (κ3) is 11.0. The lowest BCUT2D eigenvalue weighted by atomic mass is 9.75. The Morgan fingerprint density at radius 1 is 0.603 bits per heavy atom. The predicted octanol–water partition coefficient (Wildman–Crippen LogP) is 19.5. The van der Waals surface area contributed by atoms with Crippen molar-refractivity contribution in [1.82, 2.24) is 9.80 Å². The van der Waals surface area contributed by atoms with Crippen LogP contribution >= 0.6 is 0 Å². The second kappa shape index (κ2) is 23.7. The number of allylic oxidation sites excluding steroid dienone is 32. The van der Waals surface area contributed by atoms with Crippen LogP contribution in [0, 0.1) is 5.92 Å². The number of hydrogen-bond acceptors (Lipinski definition) is 2. The van der Waals surface area contributed by atoms with E-state index in [9.17, 15) is 0 Å². The van der Waals surface area contributed by atoms with Crippen molar-refractivity contribution in [2.45, 2.75) is 107 Å². The Kier molecular flexibility index (Phi) is 15.5. The van der Waals surface area contributed by atoms with Crippen molar-refractivity contribution < 1.29 is 0 Å². The molecule has 4 bridgehead atoms. The van der Waals surface area contributed by atoms with Gasteiger partial charge in [0.1, 0.15) is 0 Å². The molecule has 0 aliphatic heterocycles. The van der Waals surface area contributed by atoms with Gasteiger partial charge in [0.05, 0.1) is 12.1 Å². The predicted molar refractivity (Wildman–Crippen MR) is 334 cm³/mol. The van der Waals surface area contributed by atoms with E-state index in [-0.39, 0.29) is 18.0 Å². The van der Waals surface area contributed by atoms with Gasteiger partial charge in [-0.25, -0.2) is 0 Å². The smallest absolute Gasteiger partial charge is 0.0557 e. The number of fused-ring (bicyclic) bond motifs is 3. The van der Waals surface area contributed by atoms with E-state index >= 15 is 0 Å². The Morgan fingerprint density at radius 2 is 1.40 bits per heavy atom. The molecule has 0 spiro atoms. The van der Waals surface area contributed by atoms with Gasteiger partial charge in [-0.1, -0.05) is 207 Å². The van der Waals surface area contributed by atoms with Gasteiger partial charge in [0.15, 0.2) is 0 Å². The van der Waals surface area contributed by atoms with Gasteiger partial charge >= 0.3 is 0 Å².